The van der Waals surface area contributed by atoms with Gasteiger partial charge in [0.2, 0.25) is 0 Å². The number of hydrogen-bond donors (Lipinski definition) is 1. The fraction of sp³-hybridized carbons (Fsp3) is 0.167. The highest BCUT2D eigenvalue weighted by Gasteiger charge is 2.13. The van der Waals surface area contributed by atoms with Gasteiger partial charge in [-0.1, -0.05) is 25.2 Å². The van der Waals surface area contributed by atoms with Gasteiger partial charge in [-0.15, -0.1) is 11.8 Å². The van der Waals surface area contributed by atoms with Crippen LogP contribution in [0.15, 0.2) is 35.5 Å². The highest BCUT2D eigenvalue weighted by Crippen LogP contribution is 2.27. The average Bonchev–Trinajstić information content (AvgIpc) is 2.75. The lowest BCUT2D eigenvalue weighted by molar-refractivity contribution is 0.874. The number of hydrogen-bond acceptors (Lipinski definition) is 3. The number of nitrogens with zero attached hydrogens (tertiary/aromatic N) is 2. The Morgan fingerprint density at radius 1 is 1.56 bits per heavy atom. The first-order valence-corrected chi connectivity index (χ1v) is 7.87. The fourth-order valence-electron chi connectivity index (χ4n) is 1.67. The van der Waals surface area contributed by atoms with Crippen LogP contribution < -0.4 is 5.73 Å². The van der Waals surface area contributed by atoms with Crippen molar-refractivity contribution in [1.82, 2.24) is 9.78 Å². The zero-order chi connectivity index (χ0) is 13.1. The third kappa shape index (κ3) is 2.86. The Balaban J connectivity index is 2.59. The van der Waals surface area contributed by atoms with Crippen LogP contribution in [-0.4, -0.2) is 20.5 Å². The third-order valence-corrected chi connectivity index (χ3v) is 4.05. The van der Waals surface area contributed by atoms with E-state index in [0.717, 1.165) is 25.5 Å². The maximum Gasteiger partial charge on any atom is 0.107 e. The van der Waals surface area contributed by atoms with Crippen LogP contribution in [0.25, 0.3) is 5.69 Å². The summed E-state index contributed by atoms with van der Waals surface area (Å²) in [6.45, 7) is 2.11. The van der Waals surface area contributed by atoms with E-state index in [0.29, 0.717) is 4.99 Å². The maximum atomic E-state index is 5.86. The summed E-state index contributed by atoms with van der Waals surface area (Å²) in [5.74, 6) is 0.982. The number of rotatable bonds is 4. The van der Waals surface area contributed by atoms with Gasteiger partial charge in [0.15, 0.2) is 0 Å². The molecule has 0 saturated carbocycles. The molecule has 94 valence electrons. The van der Waals surface area contributed by atoms with Crippen molar-refractivity contribution in [3.63, 3.8) is 0 Å². The first kappa shape index (κ1) is 13.8. The zero-order valence-corrected chi connectivity index (χ0v) is 13.6. The Hall–Kier alpha value is -0.600. The van der Waals surface area contributed by atoms with Crippen LogP contribution in [0.5, 0.6) is 0 Å². The van der Waals surface area contributed by atoms with Gasteiger partial charge in [0.05, 0.1) is 15.5 Å². The van der Waals surface area contributed by atoms with E-state index in [1.165, 1.54) is 0 Å². The SMILES string of the molecule is CCSc1cccc(-n2cc(I)cn2)c1C(N)=S. The fourth-order valence-corrected chi connectivity index (χ4v) is 3.18. The number of thiocarbonyl (C=S) groups is 1. The number of benzene rings is 1. The Morgan fingerprint density at radius 3 is 2.89 bits per heavy atom. The number of thioether (sulfide) groups is 1. The highest BCUT2D eigenvalue weighted by atomic mass is 127. The minimum Gasteiger partial charge on any atom is -0.389 e. The molecular formula is C12H12IN3S2. The topological polar surface area (TPSA) is 43.8 Å². The molecule has 3 nitrogen and oxygen atoms in total. The second-order valence-corrected chi connectivity index (χ2v) is 6.54. The van der Waals surface area contributed by atoms with Gasteiger partial charge in [-0.25, -0.2) is 4.68 Å². The normalized spacial score (nSPS) is 10.6. The first-order chi connectivity index (χ1) is 8.63. The van der Waals surface area contributed by atoms with Gasteiger partial charge in [-0.2, -0.15) is 5.10 Å². The Labute approximate surface area is 129 Å². The summed E-state index contributed by atoms with van der Waals surface area (Å²) in [6.07, 6.45) is 3.77. The quantitative estimate of drug-likeness (QED) is 0.496. The van der Waals surface area contributed by atoms with Gasteiger partial charge in [0.1, 0.15) is 4.99 Å². The molecule has 1 aromatic carbocycles. The Kier molecular flexibility index (Phi) is 4.63. The molecular weight excluding hydrogens is 377 g/mol. The van der Waals surface area contributed by atoms with E-state index in [2.05, 4.69) is 34.6 Å². The molecule has 0 saturated heterocycles. The van der Waals surface area contributed by atoms with Crippen LogP contribution in [0.1, 0.15) is 12.5 Å². The summed E-state index contributed by atoms with van der Waals surface area (Å²) in [5.41, 5.74) is 7.70. The molecule has 0 radical (unpaired) electrons. The minimum absolute atomic E-state index is 0.409. The largest absolute Gasteiger partial charge is 0.389 e. The number of nitrogens with two attached hydrogens (primary N) is 1. The van der Waals surface area contributed by atoms with Crippen molar-refractivity contribution in [2.75, 3.05) is 5.75 Å². The molecule has 2 rings (SSSR count). The smallest absolute Gasteiger partial charge is 0.107 e. The van der Waals surface area contributed by atoms with Gasteiger partial charge in [0.25, 0.3) is 0 Å². The summed E-state index contributed by atoms with van der Waals surface area (Å²) in [6, 6.07) is 6.03. The van der Waals surface area contributed by atoms with Gasteiger partial charge in [-0.3, -0.25) is 0 Å². The third-order valence-electron chi connectivity index (χ3n) is 2.35. The highest BCUT2D eigenvalue weighted by molar-refractivity contribution is 14.1. The molecule has 2 N–H and O–H groups in total. The monoisotopic (exact) mass is 389 g/mol. The Morgan fingerprint density at radius 2 is 2.33 bits per heavy atom. The van der Waals surface area contributed by atoms with E-state index < -0.39 is 0 Å². The van der Waals surface area contributed by atoms with Crippen LogP contribution in [0.2, 0.25) is 0 Å². The van der Waals surface area contributed by atoms with E-state index in [4.69, 9.17) is 18.0 Å². The van der Waals surface area contributed by atoms with Crippen molar-refractivity contribution in [3.05, 3.63) is 39.7 Å². The lowest BCUT2D eigenvalue weighted by atomic mass is 10.2. The summed E-state index contributed by atoms with van der Waals surface area (Å²) in [7, 11) is 0. The van der Waals surface area contributed by atoms with Gasteiger partial charge in [-0.05, 0) is 40.5 Å². The van der Waals surface area contributed by atoms with Crippen LogP contribution in [0.3, 0.4) is 0 Å². The summed E-state index contributed by atoms with van der Waals surface area (Å²) in [4.78, 5) is 1.51. The van der Waals surface area contributed by atoms with Gasteiger partial charge < -0.3 is 5.73 Å². The predicted molar refractivity (Wildman–Crippen MR) is 88.6 cm³/mol. The summed E-state index contributed by atoms with van der Waals surface area (Å²) >= 11 is 9.14. The van der Waals surface area contributed by atoms with Crippen molar-refractivity contribution in [2.24, 2.45) is 5.73 Å². The molecule has 0 atom stereocenters. The molecule has 0 aliphatic heterocycles. The molecule has 1 aromatic heterocycles. The second kappa shape index (κ2) is 6.03. The van der Waals surface area contributed by atoms with Crippen molar-refractivity contribution in [2.45, 2.75) is 11.8 Å². The van der Waals surface area contributed by atoms with E-state index in [1.807, 2.05) is 35.3 Å². The predicted octanol–water partition coefficient (Wildman–Crippen LogP) is 3.22. The van der Waals surface area contributed by atoms with Crippen molar-refractivity contribution in [3.8, 4) is 5.69 Å². The Bertz CT molecular complexity index is 580. The molecule has 0 bridgehead atoms. The maximum absolute atomic E-state index is 5.86. The van der Waals surface area contributed by atoms with E-state index in [1.54, 1.807) is 11.8 Å². The van der Waals surface area contributed by atoms with Gasteiger partial charge >= 0.3 is 0 Å². The molecule has 0 spiro atoms. The lowest BCUT2D eigenvalue weighted by Gasteiger charge is -2.12. The molecule has 1 heterocycles. The average molecular weight is 389 g/mol. The molecule has 0 fully saturated rings. The van der Waals surface area contributed by atoms with Crippen LogP contribution in [-0.2, 0) is 0 Å². The molecule has 0 amide bonds. The van der Waals surface area contributed by atoms with E-state index in [9.17, 15) is 0 Å². The molecule has 18 heavy (non-hydrogen) atoms. The number of aromatic nitrogens is 2. The molecule has 0 unspecified atom stereocenters. The van der Waals surface area contributed by atoms with Crippen molar-refractivity contribution >= 4 is 51.6 Å². The lowest BCUT2D eigenvalue weighted by Crippen LogP contribution is -2.15. The summed E-state index contributed by atoms with van der Waals surface area (Å²) < 4.78 is 2.89. The van der Waals surface area contributed by atoms with Crippen LogP contribution in [0, 0.1) is 3.57 Å². The van der Waals surface area contributed by atoms with Crippen molar-refractivity contribution < 1.29 is 0 Å². The van der Waals surface area contributed by atoms with Crippen LogP contribution >= 0.6 is 46.6 Å². The van der Waals surface area contributed by atoms with E-state index >= 15 is 0 Å². The van der Waals surface area contributed by atoms with Crippen molar-refractivity contribution in [1.29, 1.82) is 0 Å². The standard InChI is InChI=1S/C12H12IN3S2/c1-2-18-10-5-3-4-9(11(10)12(14)17)16-7-8(13)6-15-16/h3-7H,2H2,1H3,(H2,14,17). The second-order valence-electron chi connectivity index (χ2n) is 3.55. The molecule has 0 aliphatic rings. The minimum atomic E-state index is 0.409. The van der Waals surface area contributed by atoms with E-state index in [-0.39, 0.29) is 0 Å². The number of halogens is 1. The van der Waals surface area contributed by atoms with Crippen LogP contribution in [0.4, 0.5) is 0 Å². The summed E-state index contributed by atoms with van der Waals surface area (Å²) in [5, 5.41) is 4.32. The molecule has 0 aliphatic carbocycles. The first-order valence-electron chi connectivity index (χ1n) is 5.39. The zero-order valence-electron chi connectivity index (χ0n) is 9.76. The molecule has 6 heteroatoms. The molecule has 2 aromatic rings. The van der Waals surface area contributed by atoms with Gasteiger partial charge in [0, 0.05) is 16.7 Å².